The van der Waals surface area contributed by atoms with E-state index in [4.69, 9.17) is 16.3 Å². The van der Waals surface area contributed by atoms with Gasteiger partial charge in [0, 0.05) is 10.7 Å². The molecule has 1 N–H and O–H groups in total. The molecule has 0 radical (unpaired) electrons. The van der Waals surface area contributed by atoms with E-state index in [1.807, 2.05) is 25.1 Å². The standard InChI is InChI=1S/C17H17ClN2O4S/c1-11-4-3-5-13(8-11)19-17(21)16-10-20(25(2,22)23)14-9-12(18)6-7-15(14)24-16/h3-9,16H,10H2,1-2H3,(H,19,21)/t16-/m1/s1. The van der Waals surface area contributed by atoms with Crippen LogP contribution >= 0.6 is 11.6 Å². The number of amides is 1. The van der Waals surface area contributed by atoms with Gasteiger partial charge in [-0.3, -0.25) is 9.10 Å². The summed E-state index contributed by atoms with van der Waals surface area (Å²) in [5.74, 6) is -0.120. The van der Waals surface area contributed by atoms with E-state index < -0.39 is 22.0 Å². The van der Waals surface area contributed by atoms with Crippen LogP contribution in [0.25, 0.3) is 0 Å². The second-order valence-corrected chi connectivity index (χ2v) is 8.21. The van der Waals surface area contributed by atoms with E-state index in [2.05, 4.69) is 5.32 Å². The zero-order valence-electron chi connectivity index (χ0n) is 13.7. The van der Waals surface area contributed by atoms with Gasteiger partial charge in [-0.2, -0.15) is 0 Å². The molecule has 0 aromatic heterocycles. The summed E-state index contributed by atoms with van der Waals surface area (Å²) in [5.41, 5.74) is 1.95. The minimum Gasteiger partial charge on any atom is -0.476 e. The van der Waals surface area contributed by atoms with E-state index in [9.17, 15) is 13.2 Å². The van der Waals surface area contributed by atoms with E-state index in [0.717, 1.165) is 16.1 Å². The maximum absolute atomic E-state index is 12.5. The molecule has 25 heavy (non-hydrogen) atoms. The Labute approximate surface area is 151 Å². The molecule has 0 saturated heterocycles. The number of sulfonamides is 1. The van der Waals surface area contributed by atoms with Crippen molar-refractivity contribution in [2.75, 3.05) is 22.4 Å². The van der Waals surface area contributed by atoms with Gasteiger partial charge in [0.05, 0.1) is 18.5 Å². The predicted molar refractivity (Wildman–Crippen MR) is 97.9 cm³/mol. The highest BCUT2D eigenvalue weighted by Gasteiger charge is 2.35. The summed E-state index contributed by atoms with van der Waals surface area (Å²) >= 11 is 5.96. The molecule has 1 amide bonds. The van der Waals surface area contributed by atoms with Gasteiger partial charge in [0.2, 0.25) is 10.0 Å². The lowest BCUT2D eigenvalue weighted by Crippen LogP contribution is -2.48. The van der Waals surface area contributed by atoms with E-state index in [-0.39, 0.29) is 6.54 Å². The number of fused-ring (bicyclic) bond motifs is 1. The third kappa shape index (κ3) is 3.88. The molecule has 0 fully saturated rings. The number of nitrogens with one attached hydrogen (secondary N) is 1. The molecule has 1 aliphatic rings. The van der Waals surface area contributed by atoms with Gasteiger partial charge in [-0.05, 0) is 42.8 Å². The highest BCUT2D eigenvalue weighted by atomic mass is 35.5. The highest BCUT2D eigenvalue weighted by molar-refractivity contribution is 7.92. The fourth-order valence-electron chi connectivity index (χ4n) is 2.62. The molecule has 2 aromatic rings. The average Bonchev–Trinajstić information content (AvgIpc) is 2.52. The Hall–Kier alpha value is -2.25. The van der Waals surface area contributed by atoms with Gasteiger partial charge in [0.25, 0.3) is 5.91 Å². The van der Waals surface area contributed by atoms with E-state index in [0.29, 0.717) is 22.1 Å². The number of hydrogen-bond acceptors (Lipinski definition) is 4. The largest absolute Gasteiger partial charge is 0.476 e. The monoisotopic (exact) mass is 380 g/mol. The first-order valence-corrected chi connectivity index (χ1v) is 9.78. The topological polar surface area (TPSA) is 75.7 Å². The molecule has 6 nitrogen and oxygen atoms in total. The van der Waals surface area contributed by atoms with Gasteiger partial charge >= 0.3 is 0 Å². The fraction of sp³-hybridized carbons (Fsp3) is 0.235. The van der Waals surface area contributed by atoms with Crippen LogP contribution in [0.4, 0.5) is 11.4 Å². The lowest BCUT2D eigenvalue weighted by atomic mass is 10.2. The van der Waals surface area contributed by atoms with Gasteiger partial charge in [-0.1, -0.05) is 23.7 Å². The number of rotatable bonds is 3. The molecule has 3 rings (SSSR count). The van der Waals surface area contributed by atoms with Crippen LogP contribution in [-0.4, -0.2) is 33.2 Å². The van der Waals surface area contributed by atoms with Crippen molar-refractivity contribution >= 4 is 38.9 Å². The van der Waals surface area contributed by atoms with Crippen molar-refractivity contribution in [2.45, 2.75) is 13.0 Å². The molecule has 132 valence electrons. The Balaban J connectivity index is 1.89. The lowest BCUT2D eigenvalue weighted by molar-refractivity contribution is -0.122. The maximum atomic E-state index is 12.5. The molecule has 0 bridgehead atoms. The van der Waals surface area contributed by atoms with Crippen molar-refractivity contribution in [3.05, 3.63) is 53.1 Å². The molecular weight excluding hydrogens is 364 g/mol. The Morgan fingerprint density at radius 2 is 2.04 bits per heavy atom. The van der Waals surface area contributed by atoms with Gasteiger partial charge in [-0.25, -0.2) is 8.42 Å². The molecule has 0 spiro atoms. The number of benzene rings is 2. The summed E-state index contributed by atoms with van der Waals surface area (Å²) in [6.45, 7) is 1.79. The Bertz CT molecular complexity index is 930. The third-order valence-electron chi connectivity index (χ3n) is 3.77. The summed E-state index contributed by atoms with van der Waals surface area (Å²) in [7, 11) is -3.59. The molecule has 1 aliphatic heterocycles. The summed E-state index contributed by atoms with van der Waals surface area (Å²) < 4.78 is 31.1. The fourth-order valence-corrected chi connectivity index (χ4v) is 3.69. The Morgan fingerprint density at radius 1 is 1.28 bits per heavy atom. The SMILES string of the molecule is Cc1cccc(NC(=O)[C@H]2CN(S(C)(=O)=O)c3cc(Cl)ccc3O2)c1. The summed E-state index contributed by atoms with van der Waals surface area (Å²) in [6.07, 6.45) is 0.113. The molecule has 0 aliphatic carbocycles. The zero-order chi connectivity index (χ0) is 18.2. The minimum atomic E-state index is -3.59. The summed E-state index contributed by atoms with van der Waals surface area (Å²) in [4.78, 5) is 12.5. The molecule has 2 aromatic carbocycles. The van der Waals surface area contributed by atoms with Crippen molar-refractivity contribution < 1.29 is 17.9 Å². The van der Waals surface area contributed by atoms with Crippen molar-refractivity contribution in [3.63, 3.8) is 0 Å². The number of aryl methyl sites for hydroxylation is 1. The van der Waals surface area contributed by atoms with Gasteiger partial charge in [0.1, 0.15) is 5.75 Å². The number of anilines is 2. The highest BCUT2D eigenvalue weighted by Crippen LogP contribution is 2.37. The number of ether oxygens (including phenoxy) is 1. The summed E-state index contributed by atoms with van der Waals surface area (Å²) in [6, 6.07) is 12.0. The minimum absolute atomic E-state index is 0.121. The number of carbonyl (C=O) groups is 1. The first kappa shape index (κ1) is 17.6. The predicted octanol–water partition coefficient (Wildman–Crippen LogP) is 2.81. The molecule has 1 atom stereocenters. The smallest absolute Gasteiger partial charge is 0.267 e. The zero-order valence-corrected chi connectivity index (χ0v) is 15.3. The molecule has 0 unspecified atom stereocenters. The molecule has 1 heterocycles. The number of halogens is 1. The second kappa shape index (κ2) is 6.57. The first-order chi connectivity index (χ1) is 11.7. The van der Waals surface area contributed by atoms with Crippen molar-refractivity contribution in [2.24, 2.45) is 0 Å². The molecular formula is C17H17ClN2O4S. The molecule has 8 heteroatoms. The normalized spacial score (nSPS) is 16.8. The molecule has 0 saturated carbocycles. The van der Waals surface area contributed by atoms with Gasteiger partial charge in [-0.15, -0.1) is 0 Å². The van der Waals surface area contributed by atoms with Crippen LogP contribution < -0.4 is 14.4 Å². The number of hydrogen-bond donors (Lipinski definition) is 1. The van der Waals surface area contributed by atoms with Crippen LogP contribution in [0, 0.1) is 6.92 Å². The lowest BCUT2D eigenvalue weighted by Gasteiger charge is -2.34. The maximum Gasteiger partial charge on any atom is 0.267 e. The van der Waals surface area contributed by atoms with Gasteiger partial charge in [0.15, 0.2) is 6.10 Å². The number of nitrogens with zero attached hydrogens (tertiary/aromatic N) is 1. The number of carbonyl (C=O) groups excluding carboxylic acids is 1. The van der Waals surface area contributed by atoms with Crippen LogP contribution in [0.5, 0.6) is 5.75 Å². The van der Waals surface area contributed by atoms with Crippen LogP contribution in [0.2, 0.25) is 5.02 Å². The average molecular weight is 381 g/mol. The van der Waals surface area contributed by atoms with E-state index >= 15 is 0 Å². The Kier molecular flexibility index (Phi) is 4.62. The van der Waals surface area contributed by atoms with E-state index in [1.54, 1.807) is 18.2 Å². The van der Waals surface area contributed by atoms with Crippen LogP contribution in [0.15, 0.2) is 42.5 Å². The summed E-state index contributed by atoms with van der Waals surface area (Å²) in [5, 5.41) is 3.14. The van der Waals surface area contributed by atoms with Crippen molar-refractivity contribution in [3.8, 4) is 5.75 Å². The first-order valence-electron chi connectivity index (χ1n) is 7.55. The van der Waals surface area contributed by atoms with Crippen LogP contribution in [-0.2, 0) is 14.8 Å². The van der Waals surface area contributed by atoms with Crippen molar-refractivity contribution in [1.29, 1.82) is 0 Å². The van der Waals surface area contributed by atoms with Gasteiger partial charge < -0.3 is 10.1 Å². The van der Waals surface area contributed by atoms with Crippen LogP contribution in [0.3, 0.4) is 0 Å². The van der Waals surface area contributed by atoms with Crippen LogP contribution in [0.1, 0.15) is 5.56 Å². The third-order valence-corrected chi connectivity index (χ3v) is 5.15. The van der Waals surface area contributed by atoms with Crippen molar-refractivity contribution in [1.82, 2.24) is 0 Å². The Morgan fingerprint density at radius 3 is 2.72 bits per heavy atom. The second-order valence-electron chi connectivity index (χ2n) is 5.87. The quantitative estimate of drug-likeness (QED) is 0.888. The van der Waals surface area contributed by atoms with E-state index in [1.165, 1.54) is 6.07 Å².